The number of anilines is 1. The van der Waals surface area contributed by atoms with Crippen molar-refractivity contribution in [1.29, 1.82) is 0 Å². The first-order valence-electron chi connectivity index (χ1n) is 10.1. The number of amides is 1. The number of aryl methyl sites for hydroxylation is 1. The van der Waals surface area contributed by atoms with Crippen LogP contribution in [-0.2, 0) is 9.84 Å². The lowest BCUT2D eigenvalue weighted by molar-refractivity contribution is 0.102. The molecule has 1 aliphatic rings. The van der Waals surface area contributed by atoms with Crippen molar-refractivity contribution in [3.63, 3.8) is 0 Å². The second-order valence-electron chi connectivity index (χ2n) is 7.90. The van der Waals surface area contributed by atoms with Crippen LogP contribution >= 0.6 is 27.3 Å². The van der Waals surface area contributed by atoms with Crippen LogP contribution in [-0.4, -0.2) is 40.6 Å². The van der Waals surface area contributed by atoms with E-state index in [9.17, 15) is 17.6 Å². The van der Waals surface area contributed by atoms with E-state index in [2.05, 4.69) is 26.3 Å². The highest BCUT2D eigenvalue weighted by Crippen LogP contribution is 2.33. The SMILES string of the molecule is Cc1nn(C2CCS(=O)(=O)C2)c2nc(-c3cccs3)cc(C(=O)Nc3ccc(Br)cc3F)c12. The zero-order valence-corrected chi connectivity index (χ0v) is 20.6. The van der Waals surface area contributed by atoms with Gasteiger partial charge in [-0.25, -0.2) is 22.5 Å². The highest BCUT2D eigenvalue weighted by Gasteiger charge is 2.32. The number of pyridine rings is 1. The molecule has 0 saturated carbocycles. The summed E-state index contributed by atoms with van der Waals surface area (Å²) in [5.41, 5.74) is 1.93. The number of hydrogen-bond acceptors (Lipinski definition) is 6. The molecule has 1 aliphatic heterocycles. The Balaban J connectivity index is 1.66. The summed E-state index contributed by atoms with van der Waals surface area (Å²) in [5.74, 6) is -0.980. The second-order valence-corrected chi connectivity index (χ2v) is 12.0. The van der Waals surface area contributed by atoms with Gasteiger partial charge in [-0.3, -0.25) is 4.79 Å². The monoisotopic (exact) mass is 548 g/mol. The van der Waals surface area contributed by atoms with Gasteiger partial charge in [-0.15, -0.1) is 11.3 Å². The van der Waals surface area contributed by atoms with Crippen molar-refractivity contribution in [3.05, 3.63) is 63.3 Å². The highest BCUT2D eigenvalue weighted by molar-refractivity contribution is 9.10. The van der Waals surface area contributed by atoms with Crippen LogP contribution in [0.1, 0.15) is 28.5 Å². The molecular weight excluding hydrogens is 531 g/mol. The van der Waals surface area contributed by atoms with Gasteiger partial charge >= 0.3 is 0 Å². The fraction of sp³-hybridized carbons (Fsp3) is 0.227. The van der Waals surface area contributed by atoms with Crippen LogP contribution in [0.25, 0.3) is 21.6 Å². The molecule has 1 aromatic carbocycles. The molecule has 1 unspecified atom stereocenters. The van der Waals surface area contributed by atoms with Gasteiger partial charge in [0.05, 0.1) is 50.4 Å². The molecule has 0 radical (unpaired) electrons. The van der Waals surface area contributed by atoms with E-state index in [4.69, 9.17) is 4.98 Å². The van der Waals surface area contributed by atoms with E-state index in [0.717, 1.165) is 4.88 Å². The Morgan fingerprint density at radius 3 is 2.79 bits per heavy atom. The molecule has 7 nitrogen and oxygen atoms in total. The average molecular weight is 549 g/mol. The molecule has 4 aromatic rings. The molecule has 1 atom stereocenters. The third kappa shape index (κ3) is 4.20. The van der Waals surface area contributed by atoms with Crippen LogP contribution in [0.5, 0.6) is 0 Å². The normalized spacial score (nSPS) is 17.5. The van der Waals surface area contributed by atoms with Crippen LogP contribution < -0.4 is 5.32 Å². The first-order valence-corrected chi connectivity index (χ1v) is 13.6. The minimum absolute atomic E-state index is 0.0141. The molecule has 170 valence electrons. The standard InChI is InChI=1S/C22H18BrFN4O3S2/c1-12-20-15(22(29)26-17-5-4-13(23)9-16(17)24)10-18(19-3-2-7-32-19)25-21(20)28(27-12)14-6-8-33(30,31)11-14/h2-5,7,9-10,14H,6,8,11H2,1H3,(H,26,29). The van der Waals surface area contributed by atoms with Crippen molar-refractivity contribution < 1.29 is 17.6 Å². The van der Waals surface area contributed by atoms with Crippen molar-refractivity contribution in [2.45, 2.75) is 19.4 Å². The number of carbonyl (C=O) groups excluding carboxylic acids is 1. The quantitative estimate of drug-likeness (QED) is 0.388. The fourth-order valence-electron chi connectivity index (χ4n) is 4.05. The maximum atomic E-state index is 14.4. The van der Waals surface area contributed by atoms with E-state index in [1.165, 1.54) is 23.5 Å². The van der Waals surface area contributed by atoms with Gasteiger partial charge in [-0.2, -0.15) is 5.10 Å². The number of rotatable bonds is 4. The molecule has 0 aliphatic carbocycles. The number of halogens is 2. The predicted molar refractivity (Wildman–Crippen MR) is 130 cm³/mol. The number of benzene rings is 1. The summed E-state index contributed by atoms with van der Waals surface area (Å²) in [7, 11) is -3.14. The van der Waals surface area contributed by atoms with Gasteiger partial charge in [0, 0.05) is 4.47 Å². The van der Waals surface area contributed by atoms with Gasteiger partial charge in [0.2, 0.25) is 0 Å². The third-order valence-electron chi connectivity index (χ3n) is 5.59. The van der Waals surface area contributed by atoms with Gasteiger partial charge in [0.1, 0.15) is 5.82 Å². The van der Waals surface area contributed by atoms with Crippen molar-refractivity contribution in [2.75, 3.05) is 16.8 Å². The summed E-state index contributed by atoms with van der Waals surface area (Å²) in [6.07, 6.45) is 0.440. The predicted octanol–water partition coefficient (Wildman–Crippen LogP) is 4.98. The van der Waals surface area contributed by atoms with Gasteiger partial charge in [0.15, 0.2) is 15.5 Å². The van der Waals surface area contributed by atoms with Crippen LogP contribution in [0, 0.1) is 12.7 Å². The Hall–Kier alpha value is -2.63. The zero-order chi connectivity index (χ0) is 23.3. The molecule has 3 aromatic heterocycles. The molecular formula is C22H18BrFN4O3S2. The summed E-state index contributed by atoms with van der Waals surface area (Å²) in [6, 6.07) is 9.50. The minimum Gasteiger partial charge on any atom is -0.319 e. The van der Waals surface area contributed by atoms with Crippen LogP contribution in [0.2, 0.25) is 0 Å². The lowest BCUT2D eigenvalue weighted by atomic mass is 10.1. The lowest BCUT2D eigenvalue weighted by Gasteiger charge is -2.12. The Labute approximate surface area is 201 Å². The lowest BCUT2D eigenvalue weighted by Crippen LogP contribution is -2.15. The van der Waals surface area contributed by atoms with Crippen LogP contribution in [0.4, 0.5) is 10.1 Å². The number of carbonyl (C=O) groups is 1. The van der Waals surface area contributed by atoms with Crippen LogP contribution in [0.15, 0.2) is 46.3 Å². The molecule has 1 saturated heterocycles. The van der Waals surface area contributed by atoms with Crippen molar-refractivity contribution in [3.8, 4) is 10.6 Å². The number of aromatic nitrogens is 3. The zero-order valence-electron chi connectivity index (χ0n) is 17.4. The third-order valence-corrected chi connectivity index (χ3v) is 8.72. The summed E-state index contributed by atoms with van der Waals surface area (Å²) in [4.78, 5) is 18.9. The molecule has 11 heteroatoms. The molecule has 1 fully saturated rings. The van der Waals surface area contributed by atoms with Crippen molar-refractivity contribution in [1.82, 2.24) is 14.8 Å². The summed E-state index contributed by atoms with van der Waals surface area (Å²) in [6.45, 7) is 1.76. The average Bonchev–Trinajstić information content (AvgIpc) is 3.49. The molecule has 5 rings (SSSR count). The fourth-order valence-corrected chi connectivity index (χ4v) is 6.76. The molecule has 1 amide bonds. The van der Waals surface area contributed by atoms with E-state index in [1.807, 2.05) is 17.5 Å². The smallest absolute Gasteiger partial charge is 0.256 e. The van der Waals surface area contributed by atoms with Crippen molar-refractivity contribution in [2.24, 2.45) is 0 Å². The van der Waals surface area contributed by atoms with Gasteiger partial charge in [0.25, 0.3) is 5.91 Å². The Morgan fingerprint density at radius 2 is 2.12 bits per heavy atom. The first kappa shape index (κ1) is 22.2. The summed E-state index contributed by atoms with van der Waals surface area (Å²) in [5, 5.41) is 9.65. The summed E-state index contributed by atoms with van der Waals surface area (Å²) < 4.78 is 40.7. The molecule has 0 bridgehead atoms. The number of nitrogens with zero attached hydrogens (tertiary/aromatic N) is 3. The van der Waals surface area contributed by atoms with E-state index >= 15 is 0 Å². The van der Waals surface area contributed by atoms with Gasteiger partial charge < -0.3 is 5.32 Å². The highest BCUT2D eigenvalue weighted by atomic mass is 79.9. The van der Waals surface area contributed by atoms with E-state index < -0.39 is 21.6 Å². The first-order chi connectivity index (χ1) is 15.7. The van der Waals surface area contributed by atoms with E-state index in [-0.39, 0.29) is 23.2 Å². The largest absolute Gasteiger partial charge is 0.319 e. The topological polar surface area (TPSA) is 93.9 Å². The van der Waals surface area contributed by atoms with Gasteiger partial charge in [-0.1, -0.05) is 22.0 Å². The van der Waals surface area contributed by atoms with Crippen LogP contribution in [0.3, 0.4) is 0 Å². The molecule has 0 spiro atoms. The Morgan fingerprint density at radius 1 is 1.30 bits per heavy atom. The maximum absolute atomic E-state index is 14.4. The maximum Gasteiger partial charge on any atom is 0.256 e. The number of thiophene rings is 1. The number of hydrogen-bond donors (Lipinski definition) is 1. The summed E-state index contributed by atoms with van der Waals surface area (Å²) >= 11 is 4.68. The van der Waals surface area contributed by atoms with Crippen molar-refractivity contribution >= 4 is 59.7 Å². The number of fused-ring (bicyclic) bond motifs is 1. The van der Waals surface area contributed by atoms with Gasteiger partial charge in [-0.05, 0) is 49.1 Å². The minimum atomic E-state index is -3.14. The Kier molecular flexibility index (Phi) is 5.58. The number of nitrogens with one attached hydrogen (secondary N) is 1. The molecule has 4 heterocycles. The Bertz CT molecular complexity index is 1500. The molecule has 33 heavy (non-hydrogen) atoms. The second kappa shape index (κ2) is 8.30. The number of sulfone groups is 1. The molecule has 1 N–H and O–H groups in total. The van der Waals surface area contributed by atoms with E-state index in [1.54, 1.807) is 23.7 Å². The van der Waals surface area contributed by atoms with E-state index in [0.29, 0.717) is 38.9 Å².